The topological polar surface area (TPSA) is 32.5 Å². The molecule has 1 aromatic carbocycles. The molecule has 3 rings (SSSR count). The predicted molar refractivity (Wildman–Crippen MR) is 89.9 cm³/mol. The normalized spacial score (nSPS) is 27.7. The zero-order chi connectivity index (χ0) is 15.0. The van der Waals surface area contributed by atoms with E-state index in [1.165, 1.54) is 49.2 Å². The maximum Gasteiger partial charge on any atom is 0.0396 e. The Balaban J connectivity index is 1.77. The lowest BCUT2D eigenvalue weighted by Gasteiger charge is -2.29. The van der Waals surface area contributed by atoms with Gasteiger partial charge in [-0.1, -0.05) is 12.1 Å². The van der Waals surface area contributed by atoms with Crippen LogP contribution in [0.15, 0.2) is 18.2 Å². The van der Waals surface area contributed by atoms with Crippen LogP contribution in [0, 0.1) is 6.92 Å². The average Bonchev–Trinajstić information content (AvgIpc) is 2.64. The smallest absolute Gasteiger partial charge is 0.0396 e. The van der Waals surface area contributed by atoms with Crippen molar-refractivity contribution >= 4 is 5.69 Å². The Morgan fingerprint density at radius 2 is 2.00 bits per heavy atom. The van der Waals surface area contributed by atoms with Crippen molar-refractivity contribution in [3.8, 4) is 0 Å². The van der Waals surface area contributed by atoms with Crippen molar-refractivity contribution in [1.29, 1.82) is 0 Å². The maximum atomic E-state index is 5.92. The number of nitrogens with zero attached hydrogens (tertiary/aromatic N) is 2. The fourth-order valence-electron chi connectivity index (χ4n) is 4.10. The van der Waals surface area contributed by atoms with Gasteiger partial charge in [0.15, 0.2) is 0 Å². The number of fused-ring (bicyclic) bond motifs is 2. The van der Waals surface area contributed by atoms with Gasteiger partial charge in [0.1, 0.15) is 0 Å². The molecule has 1 aromatic rings. The fourth-order valence-corrected chi connectivity index (χ4v) is 4.10. The fraction of sp³-hybridized carbons (Fsp3) is 0.667. The van der Waals surface area contributed by atoms with Gasteiger partial charge < -0.3 is 10.6 Å². The lowest BCUT2D eigenvalue weighted by Crippen LogP contribution is -2.36. The van der Waals surface area contributed by atoms with E-state index in [0.29, 0.717) is 0 Å². The highest BCUT2D eigenvalue weighted by molar-refractivity contribution is 5.55. The van der Waals surface area contributed by atoms with Gasteiger partial charge in [-0.3, -0.25) is 4.90 Å². The van der Waals surface area contributed by atoms with Crippen molar-refractivity contribution in [2.75, 3.05) is 25.0 Å². The third-order valence-electron chi connectivity index (χ3n) is 5.31. The van der Waals surface area contributed by atoms with Crippen LogP contribution in [0.2, 0.25) is 0 Å². The zero-order valence-corrected chi connectivity index (χ0v) is 13.7. The lowest BCUT2D eigenvalue weighted by molar-refractivity contribution is 0.254. The Bertz CT molecular complexity index is 497. The van der Waals surface area contributed by atoms with Gasteiger partial charge in [-0.2, -0.15) is 0 Å². The van der Waals surface area contributed by atoms with Crippen molar-refractivity contribution in [3.05, 3.63) is 29.3 Å². The van der Waals surface area contributed by atoms with Crippen molar-refractivity contribution < 1.29 is 0 Å². The minimum atomic E-state index is 0.234. The molecule has 3 heteroatoms. The Kier molecular flexibility index (Phi) is 4.23. The molecule has 3 unspecified atom stereocenters. The molecule has 2 aliphatic heterocycles. The second-order valence-corrected chi connectivity index (χ2v) is 7.09. The molecule has 0 aromatic heterocycles. The van der Waals surface area contributed by atoms with Gasteiger partial charge in [0.05, 0.1) is 0 Å². The molecule has 21 heavy (non-hydrogen) atoms. The molecule has 3 atom stereocenters. The zero-order valence-electron chi connectivity index (χ0n) is 13.7. The molecule has 0 saturated carbocycles. The minimum absolute atomic E-state index is 0.234. The van der Waals surface area contributed by atoms with Crippen LogP contribution in [0.25, 0.3) is 0 Å². The van der Waals surface area contributed by atoms with Gasteiger partial charge in [0.25, 0.3) is 0 Å². The number of hydrogen-bond acceptors (Lipinski definition) is 3. The first kappa shape index (κ1) is 14.9. The quantitative estimate of drug-likeness (QED) is 0.927. The maximum absolute atomic E-state index is 5.92. The Hall–Kier alpha value is -1.06. The highest BCUT2D eigenvalue weighted by Gasteiger charge is 2.34. The SMILES string of the molecule is Cc1cc(CC(C)N)ccc1N1CCC2CCC(C1)N2C. The van der Waals surface area contributed by atoms with Crippen LogP contribution >= 0.6 is 0 Å². The molecule has 0 aliphatic carbocycles. The van der Waals surface area contributed by atoms with Gasteiger partial charge in [-0.05, 0) is 63.8 Å². The molecular weight excluding hydrogens is 258 g/mol. The molecule has 2 bridgehead atoms. The molecule has 0 amide bonds. The first-order valence-corrected chi connectivity index (χ1v) is 8.36. The average molecular weight is 287 g/mol. The standard InChI is InChI=1S/C18H29N3/c1-13-10-15(11-14(2)19)4-7-18(13)21-9-8-16-5-6-17(12-21)20(16)3/h4,7,10,14,16-17H,5-6,8-9,11-12,19H2,1-3H3. The van der Waals surface area contributed by atoms with E-state index in [1.807, 2.05) is 0 Å². The summed E-state index contributed by atoms with van der Waals surface area (Å²) in [6.07, 6.45) is 5.02. The number of hydrogen-bond donors (Lipinski definition) is 1. The van der Waals surface area contributed by atoms with Crippen molar-refractivity contribution in [1.82, 2.24) is 4.90 Å². The summed E-state index contributed by atoms with van der Waals surface area (Å²) in [5.74, 6) is 0. The Morgan fingerprint density at radius 3 is 2.71 bits per heavy atom. The number of likely N-dealkylation sites (N-methyl/N-ethyl adjacent to an activating group) is 1. The van der Waals surface area contributed by atoms with Crippen LogP contribution in [-0.4, -0.2) is 43.2 Å². The summed E-state index contributed by atoms with van der Waals surface area (Å²) in [6, 6.07) is 8.67. The van der Waals surface area contributed by atoms with E-state index >= 15 is 0 Å². The molecule has 0 radical (unpaired) electrons. The van der Waals surface area contributed by atoms with Crippen LogP contribution in [0.3, 0.4) is 0 Å². The van der Waals surface area contributed by atoms with Crippen LogP contribution in [0.1, 0.15) is 37.3 Å². The van der Waals surface area contributed by atoms with Crippen molar-refractivity contribution in [3.63, 3.8) is 0 Å². The van der Waals surface area contributed by atoms with E-state index < -0.39 is 0 Å². The van der Waals surface area contributed by atoms with Gasteiger partial charge in [-0.25, -0.2) is 0 Å². The summed E-state index contributed by atoms with van der Waals surface area (Å²) in [4.78, 5) is 5.21. The molecule has 2 heterocycles. The van der Waals surface area contributed by atoms with Gasteiger partial charge in [0.2, 0.25) is 0 Å². The third-order valence-corrected chi connectivity index (χ3v) is 5.31. The minimum Gasteiger partial charge on any atom is -0.370 e. The molecule has 2 N–H and O–H groups in total. The number of nitrogens with two attached hydrogens (primary N) is 1. The summed E-state index contributed by atoms with van der Waals surface area (Å²) >= 11 is 0. The molecular formula is C18H29N3. The predicted octanol–water partition coefficient (Wildman–Crippen LogP) is 2.56. The third kappa shape index (κ3) is 3.09. The van der Waals surface area contributed by atoms with E-state index in [0.717, 1.165) is 18.5 Å². The van der Waals surface area contributed by atoms with Crippen molar-refractivity contribution in [2.24, 2.45) is 5.73 Å². The highest BCUT2D eigenvalue weighted by atomic mass is 15.3. The van der Waals surface area contributed by atoms with Gasteiger partial charge in [0, 0.05) is 36.9 Å². The van der Waals surface area contributed by atoms with E-state index in [2.05, 4.69) is 48.9 Å². The molecule has 0 spiro atoms. The van der Waals surface area contributed by atoms with Gasteiger partial charge in [-0.15, -0.1) is 0 Å². The summed E-state index contributed by atoms with van der Waals surface area (Å²) in [7, 11) is 2.31. The second kappa shape index (κ2) is 5.98. The monoisotopic (exact) mass is 287 g/mol. The summed E-state index contributed by atoms with van der Waals surface area (Å²) in [5, 5.41) is 0. The van der Waals surface area contributed by atoms with E-state index in [4.69, 9.17) is 5.73 Å². The molecule has 116 valence electrons. The molecule has 2 fully saturated rings. The van der Waals surface area contributed by atoms with Crippen LogP contribution < -0.4 is 10.6 Å². The Labute approximate surface area is 129 Å². The number of benzene rings is 1. The second-order valence-electron chi connectivity index (χ2n) is 7.09. The molecule has 2 aliphatic rings. The van der Waals surface area contributed by atoms with E-state index in [9.17, 15) is 0 Å². The van der Waals surface area contributed by atoms with E-state index in [-0.39, 0.29) is 6.04 Å². The Morgan fingerprint density at radius 1 is 1.24 bits per heavy atom. The summed E-state index contributed by atoms with van der Waals surface area (Å²) in [5.41, 5.74) is 10.1. The summed E-state index contributed by atoms with van der Waals surface area (Å²) in [6.45, 7) is 6.69. The molecule has 3 nitrogen and oxygen atoms in total. The number of aryl methyl sites for hydroxylation is 1. The molecule has 2 saturated heterocycles. The van der Waals surface area contributed by atoms with Crippen molar-refractivity contribution in [2.45, 2.75) is 57.7 Å². The number of anilines is 1. The number of rotatable bonds is 3. The highest BCUT2D eigenvalue weighted by Crippen LogP contribution is 2.32. The van der Waals surface area contributed by atoms with E-state index in [1.54, 1.807) is 0 Å². The lowest BCUT2D eigenvalue weighted by atomic mass is 10.0. The van der Waals surface area contributed by atoms with Crippen LogP contribution in [0.4, 0.5) is 5.69 Å². The van der Waals surface area contributed by atoms with Crippen LogP contribution in [0.5, 0.6) is 0 Å². The first-order valence-electron chi connectivity index (χ1n) is 8.36. The summed E-state index contributed by atoms with van der Waals surface area (Å²) < 4.78 is 0. The van der Waals surface area contributed by atoms with Gasteiger partial charge >= 0.3 is 0 Å². The first-order chi connectivity index (χ1) is 10.0. The largest absolute Gasteiger partial charge is 0.370 e. The van der Waals surface area contributed by atoms with Crippen LogP contribution in [-0.2, 0) is 6.42 Å².